The van der Waals surface area contributed by atoms with Crippen molar-refractivity contribution < 1.29 is 4.74 Å². The maximum Gasteiger partial charge on any atom is 0.159 e. The van der Waals surface area contributed by atoms with Gasteiger partial charge in [-0.15, -0.1) is 0 Å². The Labute approximate surface area is 83.8 Å². The van der Waals surface area contributed by atoms with E-state index in [0.29, 0.717) is 5.92 Å². The highest BCUT2D eigenvalue weighted by Crippen LogP contribution is 2.33. The number of aromatic nitrogens is 1. The molecule has 1 aliphatic heterocycles. The van der Waals surface area contributed by atoms with E-state index in [0.717, 1.165) is 23.6 Å². The molecule has 0 amide bonds. The van der Waals surface area contributed by atoms with Crippen molar-refractivity contribution in [2.24, 2.45) is 10.9 Å². The Hall–Kier alpha value is -1.38. The number of rotatable bonds is 2. The van der Waals surface area contributed by atoms with E-state index in [9.17, 15) is 0 Å². The Morgan fingerprint density at radius 2 is 2.21 bits per heavy atom. The predicted molar refractivity (Wildman–Crippen MR) is 56.4 cm³/mol. The van der Waals surface area contributed by atoms with Crippen LogP contribution in [0.4, 0.5) is 5.82 Å². The Morgan fingerprint density at radius 1 is 1.43 bits per heavy atom. The lowest BCUT2D eigenvalue weighted by atomic mass is 10.0. The average molecular weight is 190 g/mol. The van der Waals surface area contributed by atoms with Crippen LogP contribution in [0, 0.1) is 5.92 Å². The second-order valence-electron chi connectivity index (χ2n) is 3.75. The van der Waals surface area contributed by atoms with E-state index in [-0.39, 0.29) is 0 Å². The third-order valence-corrected chi connectivity index (χ3v) is 2.48. The zero-order chi connectivity index (χ0) is 10.1. The molecule has 0 spiro atoms. The highest BCUT2D eigenvalue weighted by molar-refractivity contribution is 5.95. The highest BCUT2D eigenvalue weighted by Gasteiger charge is 2.21. The highest BCUT2D eigenvalue weighted by atomic mass is 16.5. The number of methoxy groups -OCH3 is 1. The fraction of sp³-hybridized carbons (Fsp3) is 0.455. The van der Waals surface area contributed by atoms with Crippen LogP contribution >= 0.6 is 0 Å². The lowest BCUT2D eigenvalue weighted by molar-refractivity contribution is 0.411. The summed E-state index contributed by atoms with van der Waals surface area (Å²) in [4.78, 5) is 8.72. The Kier molecular flexibility index (Phi) is 2.23. The minimum atomic E-state index is 0.480. The normalized spacial score (nSPS) is 14.1. The molecule has 0 aliphatic carbocycles. The van der Waals surface area contributed by atoms with Crippen molar-refractivity contribution in [3.05, 3.63) is 17.8 Å². The molecule has 74 valence electrons. The van der Waals surface area contributed by atoms with Gasteiger partial charge in [0.1, 0.15) is 5.75 Å². The first kappa shape index (κ1) is 9.19. The van der Waals surface area contributed by atoms with Gasteiger partial charge in [-0.3, -0.25) is 0 Å². The number of aliphatic imine (C=N–C) groups is 1. The number of hydrogen-bond donors (Lipinski definition) is 0. The second-order valence-corrected chi connectivity index (χ2v) is 3.75. The SMILES string of the molecule is COc1ccnc2c1CC(C(C)C)=N2. The van der Waals surface area contributed by atoms with E-state index in [4.69, 9.17) is 4.74 Å². The summed E-state index contributed by atoms with van der Waals surface area (Å²) in [7, 11) is 1.68. The van der Waals surface area contributed by atoms with Crippen LogP contribution in [0.25, 0.3) is 0 Å². The van der Waals surface area contributed by atoms with Crippen LogP contribution in [0.5, 0.6) is 5.75 Å². The second kappa shape index (κ2) is 3.40. The predicted octanol–water partition coefficient (Wildman–Crippen LogP) is 2.37. The summed E-state index contributed by atoms with van der Waals surface area (Å²) in [6.07, 6.45) is 2.62. The summed E-state index contributed by atoms with van der Waals surface area (Å²) in [5.74, 6) is 2.20. The van der Waals surface area contributed by atoms with Gasteiger partial charge in [0.05, 0.1) is 7.11 Å². The van der Waals surface area contributed by atoms with Gasteiger partial charge in [-0.2, -0.15) is 0 Å². The first-order chi connectivity index (χ1) is 6.72. The number of ether oxygens (including phenoxy) is 1. The molecule has 1 aromatic rings. The molecule has 0 unspecified atom stereocenters. The minimum absolute atomic E-state index is 0.480. The van der Waals surface area contributed by atoms with Gasteiger partial charge in [0.2, 0.25) is 0 Å². The standard InChI is InChI=1S/C11H14N2O/c1-7(2)9-6-8-10(14-3)4-5-12-11(8)13-9/h4-5,7H,6H2,1-3H3. The van der Waals surface area contributed by atoms with Gasteiger partial charge in [0.25, 0.3) is 0 Å². The van der Waals surface area contributed by atoms with Crippen molar-refractivity contribution in [1.29, 1.82) is 0 Å². The zero-order valence-electron chi connectivity index (χ0n) is 8.74. The molecule has 3 heteroatoms. The summed E-state index contributed by atoms with van der Waals surface area (Å²) in [5, 5.41) is 0. The van der Waals surface area contributed by atoms with E-state index in [1.165, 1.54) is 5.71 Å². The van der Waals surface area contributed by atoms with Gasteiger partial charge in [0, 0.05) is 23.9 Å². The third kappa shape index (κ3) is 1.39. The van der Waals surface area contributed by atoms with Crippen LogP contribution in [0.1, 0.15) is 19.4 Å². The molecule has 0 aromatic carbocycles. The van der Waals surface area contributed by atoms with Crippen LogP contribution in [-0.4, -0.2) is 17.8 Å². The lowest BCUT2D eigenvalue weighted by Crippen LogP contribution is -2.06. The van der Waals surface area contributed by atoms with Crippen molar-refractivity contribution in [2.75, 3.05) is 7.11 Å². The third-order valence-electron chi connectivity index (χ3n) is 2.48. The fourth-order valence-corrected chi connectivity index (χ4v) is 1.61. The van der Waals surface area contributed by atoms with Crippen LogP contribution in [0.15, 0.2) is 17.3 Å². The van der Waals surface area contributed by atoms with Gasteiger partial charge >= 0.3 is 0 Å². The van der Waals surface area contributed by atoms with E-state index in [2.05, 4.69) is 23.8 Å². The first-order valence-electron chi connectivity index (χ1n) is 4.81. The van der Waals surface area contributed by atoms with Gasteiger partial charge in [-0.1, -0.05) is 13.8 Å². The minimum Gasteiger partial charge on any atom is -0.496 e. The number of fused-ring (bicyclic) bond motifs is 1. The summed E-state index contributed by atoms with van der Waals surface area (Å²) < 4.78 is 5.27. The maximum absolute atomic E-state index is 5.27. The van der Waals surface area contributed by atoms with Crippen LogP contribution < -0.4 is 4.74 Å². The van der Waals surface area contributed by atoms with E-state index in [1.807, 2.05) is 6.07 Å². The smallest absolute Gasteiger partial charge is 0.159 e. The maximum atomic E-state index is 5.27. The largest absolute Gasteiger partial charge is 0.496 e. The number of pyridine rings is 1. The fourth-order valence-electron chi connectivity index (χ4n) is 1.61. The van der Waals surface area contributed by atoms with Gasteiger partial charge in [0.15, 0.2) is 5.82 Å². The van der Waals surface area contributed by atoms with Crippen LogP contribution in [-0.2, 0) is 6.42 Å². The van der Waals surface area contributed by atoms with Gasteiger partial charge < -0.3 is 4.74 Å². The molecule has 3 nitrogen and oxygen atoms in total. The topological polar surface area (TPSA) is 34.5 Å². The average Bonchev–Trinajstić information content (AvgIpc) is 2.60. The van der Waals surface area contributed by atoms with Crippen molar-refractivity contribution in [3.8, 4) is 5.75 Å². The first-order valence-corrected chi connectivity index (χ1v) is 4.81. The molecule has 0 N–H and O–H groups in total. The quantitative estimate of drug-likeness (QED) is 0.717. The van der Waals surface area contributed by atoms with Crippen molar-refractivity contribution in [1.82, 2.24) is 4.98 Å². The molecule has 0 radical (unpaired) electrons. The molecular formula is C11H14N2O. The van der Waals surface area contributed by atoms with Gasteiger partial charge in [-0.05, 0) is 12.0 Å². The molecular weight excluding hydrogens is 176 g/mol. The Balaban J connectivity index is 2.39. The molecule has 14 heavy (non-hydrogen) atoms. The van der Waals surface area contributed by atoms with Gasteiger partial charge in [-0.25, -0.2) is 9.98 Å². The molecule has 1 aromatic heterocycles. The number of nitrogens with zero attached hydrogens (tertiary/aromatic N) is 2. The molecule has 1 aliphatic rings. The molecule has 2 heterocycles. The van der Waals surface area contributed by atoms with Crippen LogP contribution in [0.2, 0.25) is 0 Å². The molecule has 2 rings (SSSR count). The zero-order valence-corrected chi connectivity index (χ0v) is 8.74. The lowest BCUT2D eigenvalue weighted by Gasteiger charge is -2.05. The Morgan fingerprint density at radius 3 is 2.86 bits per heavy atom. The Bertz CT molecular complexity index is 383. The summed E-state index contributed by atoms with van der Waals surface area (Å²) in [5.41, 5.74) is 2.32. The van der Waals surface area contributed by atoms with E-state index >= 15 is 0 Å². The molecule has 0 saturated carbocycles. The van der Waals surface area contributed by atoms with Crippen molar-refractivity contribution in [2.45, 2.75) is 20.3 Å². The summed E-state index contributed by atoms with van der Waals surface area (Å²) in [6, 6.07) is 1.89. The van der Waals surface area contributed by atoms with E-state index < -0.39 is 0 Å². The van der Waals surface area contributed by atoms with Crippen molar-refractivity contribution in [3.63, 3.8) is 0 Å². The monoisotopic (exact) mass is 190 g/mol. The summed E-state index contributed by atoms with van der Waals surface area (Å²) >= 11 is 0. The van der Waals surface area contributed by atoms with E-state index in [1.54, 1.807) is 13.3 Å². The number of hydrogen-bond acceptors (Lipinski definition) is 3. The molecule has 0 saturated heterocycles. The molecule has 0 atom stereocenters. The van der Waals surface area contributed by atoms with Crippen LogP contribution in [0.3, 0.4) is 0 Å². The molecule has 0 fully saturated rings. The molecule has 0 bridgehead atoms. The van der Waals surface area contributed by atoms with Crippen molar-refractivity contribution >= 4 is 11.5 Å². The summed E-state index contributed by atoms with van der Waals surface area (Å²) in [6.45, 7) is 4.30.